The van der Waals surface area contributed by atoms with Crippen molar-refractivity contribution in [1.82, 2.24) is 0 Å². The van der Waals surface area contributed by atoms with E-state index in [0.29, 0.717) is 0 Å². The van der Waals surface area contributed by atoms with Gasteiger partial charge in [-0.1, -0.05) is 201 Å². The van der Waals surface area contributed by atoms with Crippen LogP contribution in [0.5, 0.6) is 0 Å². The molecule has 5 rings (SSSR count). The predicted octanol–water partition coefficient (Wildman–Crippen LogP) is 15.7. The number of hydrogen-bond donors (Lipinski definition) is 1. The standard InChI is InChI=1S/C32H42.C12H19N.C6H4Br2/c1-3-5-7-9-12-27-16-20-29(21-17-27)24-31-14-11-15-32(26-31)25-30-22-18-28(19-23-30)13-10-8-6-4-2;1-2-3-4-5-6-11-7-9-12(13)10-8-11;7-5-2-1-3-6(8)4-5/h11,14-23,26H,3-10,12-13,24-25H2,1-2H3;7-10H,2-6,13H2,1H3;1-4H. The van der Waals surface area contributed by atoms with E-state index in [4.69, 9.17) is 5.73 Å². The Labute approximate surface area is 340 Å². The van der Waals surface area contributed by atoms with Crippen molar-refractivity contribution in [3.05, 3.63) is 169 Å². The van der Waals surface area contributed by atoms with Crippen molar-refractivity contribution < 1.29 is 0 Å². The van der Waals surface area contributed by atoms with Gasteiger partial charge in [-0.15, -0.1) is 0 Å². The van der Waals surface area contributed by atoms with E-state index in [9.17, 15) is 0 Å². The molecule has 3 heteroatoms. The van der Waals surface area contributed by atoms with Gasteiger partial charge in [0.2, 0.25) is 0 Å². The molecule has 0 saturated carbocycles. The van der Waals surface area contributed by atoms with Gasteiger partial charge in [0.1, 0.15) is 0 Å². The number of aryl methyl sites for hydroxylation is 3. The Hall–Kier alpha value is -3.14. The van der Waals surface area contributed by atoms with Crippen LogP contribution in [-0.4, -0.2) is 0 Å². The Balaban J connectivity index is 0.000000292. The summed E-state index contributed by atoms with van der Waals surface area (Å²) >= 11 is 6.66. The van der Waals surface area contributed by atoms with Crippen LogP contribution in [0.4, 0.5) is 5.69 Å². The molecule has 0 saturated heterocycles. The molecular weight excluding hydrogens is 774 g/mol. The number of nitrogen functional groups attached to an aromatic ring is 1. The molecule has 0 radical (unpaired) electrons. The molecule has 5 aromatic rings. The summed E-state index contributed by atoms with van der Waals surface area (Å²) in [5.74, 6) is 0. The van der Waals surface area contributed by atoms with Gasteiger partial charge in [0.05, 0.1) is 0 Å². The van der Waals surface area contributed by atoms with E-state index in [1.165, 1.54) is 135 Å². The van der Waals surface area contributed by atoms with Crippen LogP contribution in [0.3, 0.4) is 0 Å². The molecule has 284 valence electrons. The normalized spacial score (nSPS) is 10.6. The Kier molecular flexibility index (Phi) is 22.9. The minimum atomic E-state index is 0.859. The summed E-state index contributed by atoms with van der Waals surface area (Å²) in [5.41, 5.74) is 16.5. The molecule has 0 heterocycles. The maximum atomic E-state index is 5.60. The predicted molar refractivity (Wildman–Crippen MR) is 241 cm³/mol. The molecule has 0 aromatic heterocycles. The third-order valence-electron chi connectivity index (χ3n) is 9.58. The Morgan fingerprint density at radius 1 is 0.358 bits per heavy atom. The fourth-order valence-corrected chi connectivity index (χ4v) is 7.49. The highest BCUT2D eigenvalue weighted by Gasteiger charge is 2.03. The van der Waals surface area contributed by atoms with Gasteiger partial charge < -0.3 is 5.73 Å². The lowest BCUT2D eigenvalue weighted by Gasteiger charge is -2.08. The van der Waals surface area contributed by atoms with Crippen molar-refractivity contribution >= 4 is 37.5 Å². The molecule has 0 amide bonds. The number of anilines is 1. The van der Waals surface area contributed by atoms with E-state index in [2.05, 4.69) is 138 Å². The topological polar surface area (TPSA) is 26.0 Å². The molecule has 0 unspecified atom stereocenters. The number of unbranched alkanes of at least 4 members (excludes halogenated alkanes) is 9. The van der Waals surface area contributed by atoms with Gasteiger partial charge in [-0.25, -0.2) is 0 Å². The van der Waals surface area contributed by atoms with Crippen LogP contribution in [0.25, 0.3) is 0 Å². The summed E-state index contributed by atoms with van der Waals surface area (Å²) in [6.07, 6.45) is 21.6. The largest absolute Gasteiger partial charge is 0.399 e. The summed E-state index contributed by atoms with van der Waals surface area (Å²) < 4.78 is 2.21. The molecule has 0 atom stereocenters. The second-order valence-corrected chi connectivity index (χ2v) is 16.3. The lowest BCUT2D eigenvalue weighted by atomic mass is 9.97. The van der Waals surface area contributed by atoms with Crippen molar-refractivity contribution in [3.63, 3.8) is 0 Å². The van der Waals surface area contributed by atoms with Gasteiger partial charge in [0.15, 0.2) is 0 Å². The second kappa shape index (κ2) is 27.4. The highest BCUT2D eigenvalue weighted by Crippen LogP contribution is 2.18. The maximum Gasteiger partial charge on any atom is 0.0314 e. The van der Waals surface area contributed by atoms with Crippen LogP contribution in [-0.2, 0) is 32.1 Å². The quantitative estimate of drug-likeness (QED) is 0.0651. The van der Waals surface area contributed by atoms with Gasteiger partial charge >= 0.3 is 0 Å². The first-order valence-corrected chi connectivity index (χ1v) is 22.0. The average Bonchev–Trinajstić information content (AvgIpc) is 3.16. The Bertz CT molecular complexity index is 1550. The van der Waals surface area contributed by atoms with Crippen molar-refractivity contribution in [3.8, 4) is 0 Å². The van der Waals surface area contributed by atoms with Gasteiger partial charge in [0.25, 0.3) is 0 Å². The Morgan fingerprint density at radius 2 is 0.698 bits per heavy atom. The molecule has 2 N–H and O–H groups in total. The van der Waals surface area contributed by atoms with E-state index in [-0.39, 0.29) is 0 Å². The SMILES string of the molecule is Brc1cccc(Br)c1.CCCCCCc1ccc(Cc2cccc(Cc3ccc(CCCCCC)cc3)c2)cc1.CCCCCCc1ccc(N)cc1. The number of benzene rings is 5. The first-order chi connectivity index (χ1) is 25.9. The van der Waals surface area contributed by atoms with E-state index in [1.54, 1.807) is 0 Å². The van der Waals surface area contributed by atoms with Crippen LogP contribution in [0.15, 0.2) is 130 Å². The first-order valence-electron chi connectivity index (χ1n) is 20.4. The van der Waals surface area contributed by atoms with E-state index in [0.717, 1.165) is 27.5 Å². The molecule has 0 bridgehead atoms. The third kappa shape index (κ3) is 20.2. The average molecular weight is 840 g/mol. The zero-order valence-electron chi connectivity index (χ0n) is 32.9. The van der Waals surface area contributed by atoms with Crippen molar-refractivity contribution in [1.29, 1.82) is 0 Å². The van der Waals surface area contributed by atoms with E-state index >= 15 is 0 Å². The van der Waals surface area contributed by atoms with Crippen molar-refractivity contribution in [2.75, 3.05) is 5.73 Å². The monoisotopic (exact) mass is 837 g/mol. The van der Waals surface area contributed by atoms with E-state index in [1.807, 2.05) is 36.4 Å². The van der Waals surface area contributed by atoms with Crippen LogP contribution in [0, 0.1) is 0 Å². The van der Waals surface area contributed by atoms with Gasteiger partial charge in [-0.3, -0.25) is 0 Å². The number of hydrogen-bond acceptors (Lipinski definition) is 1. The molecule has 5 aromatic carbocycles. The molecule has 1 nitrogen and oxygen atoms in total. The highest BCUT2D eigenvalue weighted by atomic mass is 79.9. The Morgan fingerprint density at radius 3 is 1.04 bits per heavy atom. The summed E-state index contributed by atoms with van der Waals surface area (Å²) in [5, 5.41) is 0. The van der Waals surface area contributed by atoms with Crippen LogP contribution < -0.4 is 5.73 Å². The summed E-state index contributed by atoms with van der Waals surface area (Å²) in [7, 11) is 0. The van der Waals surface area contributed by atoms with Crippen LogP contribution in [0.1, 0.15) is 137 Å². The van der Waals surface area contributed by atoms with Crippen LogP contribution in [0.2, 0.25) is 0 Å². The molecule has 0 aliphatic rings. The summed E-state index contributed by atoms with van der Waals surface area (Å²) in [6, 6.07) is 43.9. The smallest absolute Gasteiger partial charge is 0.0314 e. The minimum absolute atomic E-state index is 0.859. The lowest BCUT2D eigenvalue weighted by molar-refractivity contribution is 0.667. The highest BCUT2D eigenvalue weighted by molar-refractivity contribution is 9.11. The molecule has 0 fully saturated rings. The molecule has 0 aliphatic carbocycles. The number of nitrogens with two attached hydrogens (primary N) is 1. The number of rotatable bonds is 19. The lowest BCUT2D eigenvalue weighted by Crippen LogP contribution is -1.94. The molecule has 53 heavy (non-hydrogen) atoms. The van der Waals surface area contributed by atoms with Crippen molar-refractivity contribution in [2.45, 2.75) is 130 Å². The van der Waals surface area contributed by atoms with Gasteiger partial charge in [-0.05, 0) is 121 Å². The fourth-order valence-electron chi connectivity index (χ4n) is 6.38. The van der Waals surface area contributed by atoms with Gasteiger partial charge in [-0.2, -0.15) is 0 Å². The third-order valence-corrected chi connectivity index (χ3v) is 10.6. The second-order valence-electron chi connectivity index (χ2n) is 14.4. The zero-order valence-corrected chi connectivity index (χ0v) is 36.1. The zero-order chi connectivity index (χ0) is 37.9. The first kappa shape index (κ1) is 44.3. The summed E-state index contributed by atoms with van der Waals surface area (Å²) in [4.78, 5) is 0. The van der Waals surface area contributed by atoms with Crippen molar-refractivity contribution in [2.24, 2.45) is 0 Å². The summed E-state index contributed by atoms with van der Waals surface area (Å²) in [6.45, 7) is 6.79. The molecular formula is C50H65Br2N. The number of halogens is 2. The van der Waals surface area contributed by atoms with Crippen LogP contribution >= 0.6 is 31.9 Å². The van der Waals surface area contributed by atoms with E-state index < -0.39 is 0 Å². The fraction of sp³-hybridized carbons (Fsp3) is 0.400. The minimum Gasteiger partial charge on any atom is -0.399 e. The van der Waals surface area contributed by atoms with Gasteiger partial charge in [0, 0.05) is 14.6 Å². The maximum absolute atomic E-state index is 5.60. The molecule has 0 spiro atoms. The molecule has 0 aliphatic heterocycles.